The van der Waals surface area contributed by atoms with E-state index in [1.807, 2.05) is 12.1 Å². The van der Waals surface area contributed by atoms with Crippen molar-refractivity contribution in [2.24, 2.45) is 0 Å². The lowest BCUT2D eigenvalue weighted by atomic mass is 9.93. The molecule has 3 aromatic rings. The van der Waals surface area contributed by atoms with Crippen LogP contribution in [0.5, 0.6) is 0 Å². The summed E-state index contributed by atoms with van der Waals surface area (Å²) in [5.41, 5.74) is 0.972. The number of rotatable bonds is 2. The Morgan fingerprint density at radius 3 is 2.50 bits per heavy atom. The van der Waals surface area contributed by atoms with E-state index in [1.54, 1.807) is 12.1 Å². The van der Waals surface area contributed by atoms with Crippen molar-refractivity contribution in [2.45, 2.75) is 18.5 Å². The van der Waals surface area contributed by atoms with Crippen LogP contribution in [-0.4, -0.2) is 14.8 Å². The van der Waals surface area contributed by atoms with Crippen LogP contribution in [0.25, 0.3) is 0 Å². The van der Waals surface area contributed by atoms with Crippen molar-refractivity contribution < 1.29 is 8.78 Å². The van der Waals surface area contributed by atoms with Crippen LogP contribution in [0.15, 0.2) is 48.8 Å². The third kappa shape index (κ3) is 2.53. The molecule has 1 aliphatic heterocycles. The van der Waals surface area contributed by atoms with E-state index in [0.29, 0.717) is 17.4 Å². The topological polar surface area (TPSA) is 42.7 Å². The van der Waals surface area contributed by atoms with Gasteiger partial charge in [0.15, 0.2) is 0 Å². The Morgan fingerprint density at radius 2 is 1.79 bits per heavy atom. The molecule has 0 fully saturated rings. The van der Waals surface area contributed by atoms with Crippen molar-refractivity contribution >= 4 is 17.5 Å². The molecule has 0 bridgehead atoms. The third-order valence-corrected chi connectivity index (χ3v) is 4.49. The van der Waals surface area contributed by atoms with Crippen LogP contribution in [0, 0.1) is 11.6 Å². The van der Waals surface area contributed by atoms with Gasteiger partial charge in [-0.25, -0.2) is 13.5 Å². The fourth-order valence-corrected chi connectivity index (χ4v) is 3.23. The van der Waals surface area contributed by atoms with Crippen LogP contribution in [0.4, 0.5) is 14.7 Å². The highest BCUT2D eigenvalue weighted by atomic mass is 35.5. The first-order chi connectivity index (χ1) is 11.6. The van der Waals surface area contributed by atoms with Gasteiger partial charge in [-0.1, -0.05) is 29.8 Å². The zero-order valence-electron chi connectivity index (χ0n) is 12.5. The fraction of sp³-hybridized carbons (Fsp3) is 0.176. The molecule has 1 N–H and O–H groups in total. The van der Waals surface area contributed by atoms with E-state index in [4.69, 9.17) is 11.6 Å². The van der Waals surface area contributed by atoms with Crippen molar-refractivity contribution in [1.82, 2.24) is 14.8 Å². The summed E-state index contributed by atoms with van der Waals surface area (Å²) in [5.74, 6) is -0.690. The molecule has 0 unspecified atom stereocenters. The lowest BCUT2D eigenvalue weighted by Gasteiger charge is -2.32. The molecule has 1 aliphatic rings. The first kappa shape index (κ1) is 15.1. The Balaban J connectivity index is 1.78. The van der Waals surface area contributed by atoms with Gasteiger partial charge in [0.05, 0.1) is 12.1 Å². The SMILES string of the molecule is Fc1cccc(F)c1[C@H]1C[C@@H](c2ccc(Cl)cc2)Nc2ncnn21. The number of nitrogens with zero attached hydrogens (tertiary/aromatic N) is 3. The maximum Gasteiger partial charge on any atom is 0.222 e. The lowest BCUT2D eigenvalue weighted by Crippen LogP contribution is -2.29. The quantitative estimate of drug-likeness (QED) is 0.750. The summed E-state index contributed by atoms with van der Waals surface area (Å²) in [4.78, 5) is 4.15. The summed E-state index contributed by atoms with van der Waals surface area (Å²) in [6.45, 7) is 0. The van der Waals surface area contributed by atoms with Crippen molar-refractivity contribution in [3.05, 3.63) is 76.6 Å². The summed E-state index contributed by atoms with van der Waals surface area (Å²) in [6.07, 6.45) is 1.81. The van der Waals surface area contributed by atoms with Crippen molar-refractivity contribution in [3.8, 4) is 0 Å². The molecule has 1 aromatic heterocycles. The minimum absolute atomic E-state index is 0.00436. The number of hydrogen-bond donors (Lipinski definition) is 1. The van der Waals surface area contributed by atoms with E-state index in [9.17, 15) is 8.78 Å². The Kier molecular flexibility index (Phi) is 3.69. The van der Waals surface area contributed by atoms with Crippen LogP contribution < -0.4 is 5.32 Å². The average Bonchev–Trinajstić information content (AvgIpc) is 3.04. The summed E-state index contributed by atoms with van der Waals surface area (Å²) in [5, 5.41) is 8.01. The highest BCUT2D eigenvalue weighted by Gasteiger charge is 2.33. The molecule has 122 valence electrons. The number of anilines is 1. The van der Waals surface area contributed by atoms with Gasteiger partial charge in [0.25, 0.3) is 0 Å². The minimum atomic E-state index is -0.585. The molecule has 2 atom stereocenters. The second kappa shape index (κ2) is 5.87. The third-order valence-electron chi connectivity index (χ3n) is 4.24. The zero-order valence-corrected chi connectivity index (χ0v) is 13.2. The maximum atomic E-state index is 14.3. The van der Waals surface area contributed by atoms with Crippen LogP contribution in [0.2, 0.25) is 5.02 Å². The standard InChI is InChI=1S/C17H13ClF2N4/c18-11-6-4-10(5-7-11)14-8-15(24-17(23-14)21-9-22-24)16-12(19)2-1-3-13(16)20/h1-7,9,14-15H,8H2,(H,21,22,23)/t14-,15+/m0/s1. The molecule has 4 nitrogen and oxygen atoms in total. The number of halogens is 3. The molecule has 0 spiro atoms. The van der Waals surface area contributed by atoms with Gasteiger partial charge >= 0.3 is 0 Å². The largest absolute Gasteiger partial charge is 0.348 e. The van der Waals surface area contributed by atoms with Crippen molar-refractivity contribution in [1.29, 1.82) is 0 Å². The lowest BCUT2D eigenvalue weighted by molar-refractivity contribution is 0.398. The van der Waals surface area contributed by atoms with Crippen LogP contribution >= 0.6 is 11.6 Å². The molecule has 2 aromatic carbocycles. The van der Waals surface area contributed by atoms with Crippen LogP contribution in [0.1, 0.15) is 29.6 Å². The van der Waals surface area contributed by atoms with Gasteiger partial charge in [-0.3, -0.25) is 0 Å². The van der Waals surface area contributed by atoms with E-state index in [0.717, 1.165) is 5.56 Å². The van der Waals surface area contributed by atoms with E-state index >= 15 is 0 Å². The Hall–Kier alpha value is -2.47. The van der Waals surface area contributed by atoms with Gasteiger partial charge in [0, 0.05) is 10.6 Å². The van der Waals surface area contributed by atoms with Gasteiger partial charge in [-0.05, 0) is 36.2 Å². The van der Waals surface area contributed by atoms with E-state index < -0.39 is 17.7 Å². The Morgan fingerprint density at radius 1 is 1.08 bits per heavy atom. The first-order valence-corrected chi connectivity index (χ1v) is 7.86. The summed E-state index contributed by atoms with van der Waals surface area (Å²) in [7, 11) is 0. The molecule has 0 amide bonds. The minimum Gasteiger partial charge on any atom is -0.348 e. The summed E-state index contributed by atoms with van der Waals surface area (Å²) in [6, 6.07) is 10.5. The molecule has 7 heteroatoms. The van der Waals surface area contributed by atoms with Gasteiger partial charge in [0.1, 0.15) is 18.0 Å². The molecule has 4 rings (SSSR count). The number of nitrogens with one attached hydrogen (secondary N) is 1. The number of fused-ring (bicyclic) bond motifs is 1. The van der Waals surface area contributed by atoms with Gasteiger partial charge in [-0.2, -0.15) is 10.1 Å². The fourth-order valence-electron chi connectivity index (χ4n) is 3.10. The predicted molar refractivity (Wildman–Crippen MR) is 87.0 cm³/mol. The predicted octanol–water partition coefficient (Wildman–Crippen LogP) is 4.36. The van der Waals surface area contributed by atoms with Crippen LogP contribution in [0.3, 0.4) is 0 Å². The number of aromatic nitrogens is 3. The highest BCUT2D eigenvalue weighted by molar-refractivity contribution is 6.30. The maximum absolute atomic E-state index is 14.3. The Bertz CT molecular complexity index is 858. The number of hydrogen-bond acceptors (Lipinski definition) is 3. The van der Waals surface area contributed by atoms with E-state index in [1.165, 1.54) is 29.2 Å². The first-order valence-electron chi connectivity index (χ1n) is 7.49. The van der Waals surface area contributed by atoms with E-state index in [2.05, 4.69) is 15.4 Å². The molecule has 24 heavy (non-hydrogen) atoms. The Labute approximate surface area is 142 Å². The number of benzene rings is 2. The molecule has 0 saturated heterocycles. The van der Waals surface area contributed by atoms with Crippen LogP contribution in [-0.2, 0) is 0 Å². The summed E-state index contributed by atoms with van der Waals surface area (Å²) < 4.78 is 30.1. The average molecular weight is 347 g/mol. The van der Waals surface area contributed by atoms with Crippen molar-refractivity contribution in [3.63, 3.8) is 0 Å². The van der Waals surface area contributed by atoms with Gasteiger partial charge < -0.3 is 5.32 Å². The molecule has 0 aliphatic carbocycles. The second-order valence-corrected chi connectivity index (χ2v) is 6.10. The van der Waals surface area contributed by atoms with Gasteiger partial charge in [-0.15, -0.1) is 0 Å². The zero-order chi connectivity index (χ0) is 16.7. The molecular weight excluding hydrogens is 334 g/mol. The molecule has 2 heterocycles. The van der Waals surface area contributed by atoms with Gasteiger partial charge in [0.2, 0.25) is 5.95 Å². The van der Waals surface area contributed by atoms with E-state index in [-0.39, 0.29) is 11.6 Å². The normalized spacial score (nSPS) is 19.6. The monoisotopic (exact) mass is 346 g/mol. The summed E-state index contributed by atoms with van der Waals surface area (Å²) >= 11 is 5.93. The van der Waals surface area contributed by atoms with Crippen molar-refractivity contribution in [2.75, 3.05) is 5.32 Å². The molecule has 0 radical (unpaired) electrons. The molecule has 0 saturated carbocycles. The smallest absolute Gasteiger partial charge is 0.222 e. The molecular formula is C17H13ClF2N4. The highest BCUT2D eigenvalue weighted by Crippen LogP contribution is 2.39. The second-order valence-electron chi connectivity index (χ2n) is 5.66.